The minimum Gasteiger partial charge on any atom is -0.478 e. The normalized spacial score (nSPS) is 14.1. The summed E-state index contributed by atoms with van der Waals surface area (Å²) in [6.45, 7) is 3.62. The van der Waals surface area contributed by atoms with Crippen molar-refractivity contribution in [3.05, 3.63) is 23.4 Å². The van der Waals surface area contributed by atoms with Gasteiger partial charge in [-0.3, -0.25) is 4.21 Å². The average Bonchev–Trinajstić information content (AvgIpc) is 2.14. The van der Waals surface area contributed by atoms with Gasteiger partial charge in [0.15, 0.2) is 0 Å². The van der Waals surface area contributed by atoms with E-state index >= 15 is 0 Å². The van der Waals surface area contributed by atoms with E-state index in [-0.39, 0.29) is 11.6 Å². The van der Waals surface area contributed by atoms with E-state index in [2.05, 4.69) is 10.3 Å². The Kier molecular flexibility index (Phi) is 4.62. The maximum absolute atomic E-state index is 11.0. The Morgan fingerprint density at radius 1 is 1.59 bits per heavy atom. The van der Waals surface area contributed by atoms with Gasteiger partial charge in [-0.05, 0) is 26.0 Å². The summed E-state index contributed by atoms with van der Waals surface area (Å²) in [5.41, 5.74) is 0.835. The van der Waals surface area contributed by atoms with Crippen molar-refractivity contribution in [2.45, 2.75) is 19.9 Å². The molecule has 6 heteroatoms. The van der Waals surface area contributed by atoms with Crippen LogP contribution in [0.1, 0.15) is 23.0 Å². The third-order valence-corrected chi connectivity index (χ3v) is 3.05. The Bertz CT molecular complexity index is 448. The Hall–Kier alpha value is -1.43. The number of hydrogen-bond donors (Lipinski definition) is 2. The van der Waals surface area contributed by atoms with Gasteiger partial charge < -0.3 is 10.4 Å². The molecule has 2 atom stereocenters. The van der Waals surface area contributed by atoms with Gasteiger partial charge in [-0.25, -0.2) is 9.78 Å². The van der Waals surface area contributed by atoms with E-state index in [0.29, 0.717) is 17.3 Å². The van der Waals surface area contributed by atoms with Crippen molar-refractivity contribution in [3.63, 3.8) is 0 Å². The zero-order valence-electron chi connectivity index (χ0n) is 10.1. The van der Waals surface area contributed by atoms with Gasteiger partial charge in [0, 0.05) is 34.5 Å². The Balaban J connectivity index is 2.84. The number of aromatic nitrogens is 1. The van der Waals surface area contributed by atoms with Crippen molar-refractivity contribution in [2.24, 2.45) is 0 Å². The maximum Gasteiger partial charge on any atom is 0.335 e. The number of carboxylic acid groups (broad SMARTS) is 1. The van der Waals surface area contributed by atoms with E-state index in [1.54, 1.807) is 13.2 Å². The lowest BCUT2D eigenvalue weighted by Crippen LogP contribution is -2.23. The van der Waals surface area contributed by atoms with Crippen molar-refractivity contribution in [1.82, 2.24) is 4.98 Å². The molecule has 1 aromatic heterocycles. The van der Waals surface area contributed by atoms with E-state index in [0.717, 1.165) is 0 Å². The minimum atomic E-state index is -0.981. The number of rotatable bonds is 5. The predicted octanol–water partition coefficient (Wildman–Crippen LogP) is 1.27. The number of nitrogens with one attached hydrogen (secondary N) is 1. The van der Waals surface area contributed by atoms with E-state index in [9.17, 15) is 9.00 Å². The number of carbonyl (C=O) groups is 1. The molecule has 17 heavy (non-hydrogen) atoms. The second kappa shape index (κ2) is 5.77. The minimum absolute atomic E-state index is 0.0169. The molecule has 0 aliphatic carbocycles. The van der Waals surface area contributed by atoms with Crippen molar-refractivity contribution >= 4 is 22.6 Å². The molecule has 2 N–H and O–H groups in total. The van der Waals surface area contributed by atoms with Crippen LogP contribution < -0.4 is 5.32 Å². The molecular weight excluding hydrogens is 240 g/mol. The molecule has 0 aliphatic heterocycles. The summed E-state index contributed by atoms with van der Waals surface area (Å²) in [7, 11) is -0.895. The van der Waals surface area contributed by atoms with Crippen molar-refractivity contribution < 1.29 is 14.1 Å². The number of nitrogens with zero attached hydrogens (tertiary/aromatic N) is 1. The fourth-order valence-corrected chi connectivity index (χ4v) is 2.30. The van der Waals surface area contributed by atoms with Crippen LogP contribution in [-0.4, -0.2) is 38.3 Å². The van der Waals surface area contributed by atoms with Crippen LogP contribution in [0.25, 0.3) is 0 Å². The summed E-state index contributed by atoms with van der Waals surface area (Å²) in [6.07, 6.45) is 1.63. The molecule has 5 nitrogen and oxygen atoms in total. The van der Waals surface area contributed by atoms with Crippen LogP contribution in [0.15, 0.2) is 12.1 Å². The van der Waals surface area contributed by atoms with E-state index in [4.69, 9.17) is 5.11 Å². The first-order valence-corrected chi connectivity index (χ1v) is 6.89. The van der Waals surface area contributed by atoms with Gasteiger partial charge >= 0.3 is 5.97 Å². The number of carboxylic acids is 1. The number of pyridine rings is 1. The second-order valence-electron chi connectivity index (χ2n) is 3.97. The van der Waals surface area contributed by atoms with Gasteiger partial charge in [-0.15, -0.1) is 0 Å². The highest BCUT2D eigenvalue weighted by Gasteiger charge is 2.09. The highest BCUT2D eigenvalue weighted by Crippen LogP contribution is 2.11. The third-order valence-electron chi connectivity index (χ3n) is 2.08. The summed E-state index contributed by atoms with van der Waals surface area (Å²) in [4.78, 5) is 15.1. The molecule has 0 aromatic carbocycles. The molecule has 0 saturated heterocycles. The number of anilines is 1. The first-order valence-electron chi connectivity index (χ1n) is 5.17. The van der Waals surface area contributed by atoms with Gasteiger partial charge in [-0.2, -0.15) is 0 Å². The Morgan fingerprint density at radius 2 is 2.24 bits per heavy atom. The Labute approximate surface area is 103 Å². The van der Waals surface area contributed by atoms with Crippen LogP contribution in [0.4, 0.5) is 5.82 Å². The lowest BCUT2D eigenvalue weighted by molar-refractivity contribution is 0.0696. The van der Waals surface area contributed by atoms with Crippen molar-refractivity contribution in [3.8, 4) is 0 Å². The molecule has 0 aliphatic rings. The number of hydrogen-bond acceptors (Lipinski definition) is 4. The molecule has 1 aromatic rings. The maximum atomic E-state index is 11.0. The molecule has 1 rings (SSSR count). The molecule has 94 valence electrons. The van der Waals surface area contributed by atoms with Crippen LogP contribution in [0.2, 0.25) is 0 Å². The van der Waals surface area contributed by atoms with E-state index < -0.39 is 16.8 Å². The van der Waals surface area contributed by atoms with E-state index in [1.807, 2.05) is 6.92 Å². The summed E-state index contributed by atoms with van der Waals surface area (Å²) >= 11 is 0. The molecule has 0 spiro atoms. The molecular formula is C11H16N2O3S. The smallest absolute Gasteiger partial charge is 0.335 e. The van der Waals surface area contributed by atoms with Crippen molar-refractivity contribution in [2.75, 3.05) is 17.3 Å². The van der Waals surface area contributed by atoms with Gasteiger partial charge in [-0.1, -0.05) is 0 Å². The zero-order chi connectivity index (χ0) is 13.0. The standard InChI is InChI=1S/C11H16N2O3S/c1-7-4-9(11(14)15)5-10(12-7)13-8(2)6-17(3)16/h4-5,8H,6H2,1-3H3,(H,12,13)(H,14,15). The zero-order valence-corrected chi connectivity index (χ0v) is 10.9. The first-order chi connectivity index (χ1) is 7.88. The quantitative estimate of drug-likeness (QED) is 0.829. The van der Waals surface area contributed by atoms with Crippen LogP contribution in [0.3, 0.4) is 0 Å². The molecule has 1 heterocycles. The van der Waals surface area contributed by atoms with Crippen LogP contribution in [0.5, 0.6) is 0 Å². The summed E-state index contributed by atoms with van der Waals surface area (Å²) in [5.74, 6) is 0.0171. The monoisotopic (exact) mass is 256 g/mol. The van der Waals surface area contributed by atoms with Crippen LogP contribution >= 0.6 is 0 Å². The molecule has 2 unspecified atom stereocenters. The lowest BCUT2D eigenvalue weighted by Gasteiger charge is -2.13. The van der Waals surface area contributed by atoms with Gasteiger partial charge in [0.1, 0.15) is 5.82 Å². The van der Waals surface area contributed by atoms with Crippen LogP contribution in [-0.2, 0) is 10.8 Å². The molecule has 0 radical (unpaired) electrons. The summed E-state index contributed by atoms with van der Waals surface area (Å²) in [6, 6.07) is 2.97. The fraction of sp³-hybridized carbons (Fsp3) is 0.455. The summed E-state index contributed by atoms with van der Waals surface area (Å²) < 4.78 is 11.0. The third kappa shape index (κ3) is 4.52. The lowest BCUT2D eigenvalue weighted by atomic mass is 10.2. The van der Waals surface area contributed by atoms with Gasteiger partial charge in [0.25, 0.3) is 0 Å². The highest BCUT2D eigenvalue weighted by atomic mass is 32.2. The van der Waals surface area contributed by atoms with Crippen molar-refractivity contribution in [1.29, 1.82) is 0 Å². The number of aromatic carboxylic acids is 1. The molecule has 0 saturated carbocycles. The molecule has 0 amide bonds. The second-order valence-corrected chi connectivity index (χ2v) is 5.45. The van der Waals surface area contributed by atoms with Crippen LogP contribution in [0, 0.1) is 6.92 Å². The SMILES string of the molecule is Cc1cc(C(=O)O)cc(NC(C)CS(C)=O)n1. The Morgan fingerprint density at radius 3 is 2.76 bits per heavy atom. The first kappa shape index (κ1) is 13.6. The number of aryl methyl sites for hydroxylation is 1. The molecule has 0 bridgehead atoms. The van der Waals surface area contributed by atoms with Gasteiger partial charge in [0.2, 0.25) is 0 Å². The highest BCUT2D eigenvalue weighted by molar-refractivity contribution is 7.84. The summed E-state index contributed by atoms with van der Waals surface area (Å²) in [5, 5.41) is 12.0. The van der Waals surface area contributed by atoms with Gasteiger partial charge in [0.05, 0.1) is 5.56 Å². The predicted molar refractivity (Wildman–Crippen MR) is 68.0 cm³/mol. The average molecular weight is 256 g/mol. The fourth-order valence-electron chi connectivity index (χ4n) is 1.51. The van der Waals surface area contributed by atoms with E-state index in [1.165, 1.54) is 12.1 Å². The largest absolute Gasteiger partial charge is 0.478 e. The topological polar surface area (TPSA) is 79.3 Å². The molecule has 0 fully saturated rings.